The van der Waals surface area contributed by atoms with Crippen molar-refractivity contribution in [2.75, 3.05) is 18.0 Å². The van der Waals surface area contributed by atoms with E-state index in [-0.39, 0.29) is 17.4 Å². The van der Waals surface area contributed by atoms with Crippen LogP contribution in [0.5, 0.6) is 0 Å². The molecular weight excluding hydrogens is 286 g/mol. The van der Waals surface area contributed by atoms with Crippen molar-refractivity contribution in [2.45, 2.75) is 18.9 Å². The largest absolute Gasteiger partial charge is 0.364 e. The fourth-order valence-electron chi connectivity index (χ4n) is 2.65. The molecule has 116 valence electrons. The van der Waals surface area contributed by atoms with Gasteiger partial charge in [0.25, 0.3) is 5.91 Å². The first-order valence-electron chi connectivity index (χ1n) is 7.04. The zero-order chi connectivity index (χ0) is 15.7. The molecule has 2 aromatic heterocycles. The molecule has 1 atom stereocenters. The van der Waals surface area contributed by atoms with E-state index in [1.165, 1.54) is 6.20 Å². The zero-order valence-electron chi connectivity index (χ0n) is 12.2. The summed E-state index contributed by atoms with van der Waals surface area (Å²) in [5.41, 5.74) is 5.13. The van der Waals surface area contributed by atoms with Crippen LogP contribution in [0.15, 0.2) is 23.4 Å². The number of hydrogen-bond donors (Lipinski definition) is 1. The summed E-state index contributed by atoms with van der Waals surface area (Å²) in [7, 11) is 1.73. The van der Waals surface area contributed by atoms with Crippen molar-refractivity contribution in [1.29, 1.82) is 0 Å². The molecule has 0 radical (unpaired) electrons. The molecule has 1 fully saturated rings. The molecule has 0 unspecified atom stereocenters. The van der Waals surface area contributed by atoms with Crippen molar-refractivity contribution in [2.24, 2.45) is 12.8 Å². The number of rotatable bonds is 3. The number of nitrogens with two attached hydrogens (primary N) is 1. The Hall–Kier alpha value is -2.71. The third kappa shape index (κ3) is 2.57. The normalized spacial score (nSPS) is 18.4. The summed E-state index contributed by atoms with van der Waals surface area (Å²) in [6.45, 7) is 1.41. The lowest BCUT2D eigenvalue weighted by atomic mass is 10.1. The summed E-state index contributed by atoms with van der Waals surface area (Å²) in [5, 5.41) is 7.72. The van der Waals surface area contributed by atoms with E-state index in [0.29, 0.717) is 12.5 Å². The number of primary amides is 1. The highest BCUT2D eigenvalue weighted by Crippen LogP contribution is 2.22. The van der Waals surface area contributed by atoms with E-state index < -0.39 is 5.91 Å². The Balaban J connectivity index is 1.79. The summed E-state index contributed by atoms with van der Waals surface area (Å²) < 4.78 is 3.29. The molecule has 3 rings (SSSR count). The van der Waals surface area contributed by atoms with E-state index in [4.69, 9.17) is 5.73 Å². The van der Waals surface area contributed by atoms with Crippen LogP contribution in [0.1, 0.15) is 29.4 Å². The molecule has 0 aromatic carbocycles. The van der Waals surface area contributed by atoms with E-state index in [2.05, 4.69) is 15.2 Å². The van der Waals surface area contributed by atoms with Crippen molar-refractivity contribution in [1.82, 2.24) is 24.3 Å². The molecule has 1 aliphatic heterocycles. The van der Waals surface area contributed by atoms with E-state index >= 15 is 0 Å². The molecule has 0 spiro atoms. The molecule has 9 heteroatoms. The fraction of sp³-hybridized carbons (Fsp3) is 0.462. The van der Waals surface area contributed by atoms with Gasteiger partial charge in [0.15, 0.2) is 5.69 Å². The molecule has 1 saturated heterocycles. The van der Waals surface area contributed by atoms with Gasteiger partial charge in [-0.25, -0.2) is 9.78 Å². The Morgan fingerprint density at radius 1 is 1.36 bits per heavy atom. The number of carbonyl (C=O) groups excluding carboxylic acids is 1. The molecule has 3 heterocycles. The van der Waals surface area contributed by atoms with Gasteiger partial charge in [-0.1, -0.05) is 0 Å². The Morgan fingerprint density at radius 2 is 2.18 bits per heavy atom. The van der Waals surface area contributed by atoms with Crippen LogP contribution < -0.4 is 16.3 Å². The van der Waals surface area contributed by atoms with Crippen molar-refractivity contribution in [3.05, 3.63) is 34.8 Å². The lowest BCUT2D eigenvalue weighted by Crippen LogP contribution is -2.40. The SMILES string of the molecule is Cn1ccn([C@@H]2CCCN(c3ncc(C(N)=O)nn3)C2)c1=O. The van der Waals surface area contributed by atoms with Crippen LogP contribution in [-0.2, 0) is 7.05 Å². The van der Waals surface area contributed by atoms with Gasteiger partial charge < -0.3 is 15.2 Å². The molecule has 1 amide bonds. The molecule has 0 saturated carbocycles. The van der Waals surface area contributed by atoms with Crippen LogP contribution in [0.2, 0.25) is 0 Å². The van der Waals surface area contributed by atoms with Crippen molar-refractivity contribution in [3.63, 3.8) is 0 Å². The number of anilines is 1. The second-order valence-electron chi connectivity index (χ2n) is 5.35. The van der Waals surface area contributed by atoms with Crippen LogP contribution in [0, 0.1) is 0 Å². The third-order valence-electron chi connectivity index (χ3n) is 3.85. The predicted molar refractivity (Wildman–Crippen MR) is 78.5 cm³/mol. The van der Waals surface area contributed by atoms with Crippen molar-refractivity contribution >= 4 is 11.9 Å². The van der Waals surface area contributed by atoms with E-state index in [1.807, 2.05) is 4.90 Å². The number of nitrogens with zero attached hydrogens (tertiary/aromatic N) is 6. The summed E-state index contributed by atoms with van der Waals surface area (Å²) in [5.74, 6) is -0.211. The number of carbonyl (C=O) groups is 1. The highest BCUT2D eigenvalue weighted by molar-refractivity contribution is 5.90. The molecule has 2 aromatic rings. The lowest BCUT2D eigenvalue weighted by molar-refractivity contribution is 0.0994. The first-order chi connectivity index (χ1) is 10.6. The summed E-state index contributed by atoms with van der Waals surface area (Å²) in [6, 6.07) is 0.0712. The van der Waals surface area contributed by atoms with Gasteiger partial charge in [-0.2, -0.15) is 0 Å². The molecule has 9 nitrogen and oxygen atoms in total. The van der Waals surface area contributed by atoms with Gasteiger partial charge >= 0.3 is 5.69 Å². The van der Waals surface area contributed by atoms with E-state index in [9.17, 15) is 9.59 Å². The first-order valence-corrected chi connectivity index (χ1v) is 7.04. The summed E-state index contributed by atoms with van der Waals surface area (Å²) in [4.78, 5) is 29.1. The smallest absolute Gasteiger partial charge is 0.328 e. The Labute approximate surface area is 126 Å². The molecule has 22 heavy (non-hydrogen) atoms. The van der Waals surface area contributed by atoms with Crippen LogP contribution in [0.3, 0.4) is 0 Å². The maximum absolute atomic E-state index is 12.0. The second kappa shape index (κ2) is 5.58. The van der Waals surface area contributed by atoms with Gasteiger partial charge in [-0.3, -0.25) is 9.36 Å². The number of imidazole rings is 1. The third-order valence-corrected chi connectivity index (χ3v) is 3.85. The highest BCUT2D eigenvalue weighted by Gasteiger charge is 2.24. The zero-order valence-corrected chi connectivity index (χ0v) is 12.2. The van der Waals surface area contributed by atoms with Crippen LogP contribution in [-0.4, -0.2) is 43.3 Å². The van der Waals surface area contributed by atoms with Gasteiger partial charge in [0.1, 0.15) is 0 Å². The summed E-state index contributed by atoms with van der Waals surface area (Å²) >= 11 is 0. The van der Waals surface area contributed by atoms with Gasteiger partial charge in [-0.15, -0.1) is 10.2 Å². The maximum Gasteiger partial charge on any atom is 0.328 e. The van der Waals surface area contributed by atoms with Gasteiger partial charge in [-0.05, 0) is 12.8 Å². The molecule has 0 bridgehead atoms. The number of aromatic nitrogens is 5. The average molecular weight is 303 g/mol. The van der Waals surface area contributed by atoms with Crippen LogP contribution in [0.4, 0.5) is 5.95 Å². The molecule has 2 N–H and O–H groups in total. The predicted octanol–water partition coefficient (Wildman–Crippen LogP) is -0.688. The minimum Gasteiger partial charge on any atom is -0.364 e. The van der Waals surface area contributed by atoms with Crippen molar-refractivity contribution in [3.8, 4) is 0 Å². The fourth-order valence-corrected chi connectivity index (χ4v) is 2.65. The van der Waals surface area contributed by atoms with Gasteiger partial charge in [0, 0.05) is 32.5 Å². The minimum absolute atomic E-state index is 0.0324. The number of aryl methyl sites for hydroxylation is 1. The number of hydrogen-bond acceptors (Lipinski definition) is 6. The van der Waals surface area contributed by atoms with Gasteiger partial charge in [0.05, 0.1) is 12.2 Å². The average Bonchev–Trinajstić information content (AvgIpc) is 2.87. The van der Waals surface area contributed by atoms with E-state index in [0.717, 1.165) is 19.4 Å². The minimum atomic E-state index is -0.654. The monoisotopic (exact) mass is 303 g/mol. The lowest BCUT2D eigenvalue weighted by Gasteiger charge is -2.32. The summed E-state index contributed by atoms with van der Waals surface area (Å²) in [6.07, 6.45) is 6.72. The Morgan fingerprint density at radius 3 is 2.77 bits per heavy atom. The highest BCUT2D eigenvalue weighted by atomic mass is 16.2. The van der Waals surface area contributed by atoms with Crippen LogP contribution in [0.25, 0.3) is 0 Å². The molecule has 0 aliphatic carbocycles. The van der Waals surface area contributed by atoms with Gasteiger partial charge in [0.2, 0.25) is 5.95 Å². The quantitative estimate of drug-likeness (QED) is 0.803. The standard InChI is InChI=1S/C13H17N7O2/c1-18-5-6-20(13(18)22)9-3-2-4-19(8-9)12-15-7-10(11(14)21)16-17-12/h5-7,9H,2-4,8H2,1H3,(H2,14,21)/t9-/m1/s1. The van der Waals surface area contributed by atoms with Crippen molar-refractivity contribution < 1.29 is 4.79 Å². The topological polar surface area (TPSA) is 112 Å². The maximum atomic E-state index is 12.0. The van der Waals surface area contributed by atoms with E-state index in [1.54, 1.807) is 28.6 Å². The second-order valence-corrected chi connectivity index (χ2v) is 5.35. The number of amides is 1. The van der Waals surface area contributed by atoms with Crippen LogP contribution >= 0.6 is 0 Å². The molecular formula is C13H17N7O2. The first kappa shape index (κ1) is 14.2. The number of piperidine rings is 1. The Bertz CT molecular complexity index is 734. The molecule has 1 aliphatic rings. The Kier molecular flexibility index (Phi) is 3.61.